The van der Waals surface area contributed by atoms with Gasteiger partial charge in [0, 0.05) is 50.4 Å². The van der Waals surface area contributed by atoms with E-state index in [-0.39, 0.29) is 17.7 Å². The van der Waals surface area contributed by atoms with Crippen molar-refractivity contribution in [1.82, 2.24) is 14.7 Å². The van der Waals surface area contributed by atoms with E-state index < -0.39 is 0 Å². The number of benzene rings is 3. The van der Waals surface area contributed by atoms with Gasteiger partial charge in [-0.1, -0.05) is 54.6 Å². The molecule has 1 heterocycles. The molecule has 3 aromatic carbocycles. The van der Waals surface area contributed by atoms with E-state index >= 15 is 0 Å². The third-order valence-electron chi connectivity index (χ3n) is 7.71. The molecule has 0 unspecified atom stereocenters. The van der Waals surface area contributed by atoms with E-state index in [9.17, 15) is 9.90 Å². The standard InChI is InChI=1S/C32H41N3O2/c1-5-33(6-2)32(37)29-16-10-14-27(20-29)31(28-15-11-17-30(36)21-28)35-23-24(3)34(22-25(35)4)19-18-26-12-8-7-9-13-26/h7-17,20-21,24-25,31,36H,5-6,18-19,22-23H2,1-4H3/t24-,25+,31-/m1/s1. The zero-order valence-corrected chi connectivity index (χ0v) is 22.7. The molecule has 5 heteroatoms. The zero-order valence-electron chi connectivity index (χ0n) is 22.7. The van der Waals surface area contributed by atoms with Gasteiger partial charge in [0.1, 0.15) is 5.75 Å². The summed E-state index contributed by atoms with van der Waals surface area (Å²) in [4.78, 5) is 20.2. The topological polar surface area (TPSA) is 47.0 Å². The molecule has 0 radical (unpaired) electrons. The van der Waals surface area contributed by atoms with E-state index in [2.05, 4.69) is 72.2 Å². The maximum Gasteiger partial charge on any atom is 0.253 e. The Labute approximate surface area is 222 Å². The summed E-state index contributed by atoms with van der Waals surface area (Å²) < 4.78 is 0. The number of carbonyl (C=O) groups is 1. The average molecular weight is 500 g/mol. The first-order chi connectivity index (χ1) is 17.9. The molecule has 3 atom stereocenters. The highest BCUT2D eigenvalue weighted by atomic mass is 16.3. The lowest BCUT2D eigenvalue weighted by Crippen LogP contribution is -2.57. The summed E-state index contributed by atoms with van der Waals surface area (Å²) in [6.07, 6.45) is 1.05. The van der Waals surface area contributed by atoms with E-state index in [1.807, 2.05) is 43.0 Å². The van der Waals surface area contributed by atoms with Crippen LogP contribution in [0.4, 0.5) is 0 Å². The summed E-state index contributed by atoms with van der Waals surface area (Å²) in [7, 11) is 0. The molecule has 0 aromatic heterocycles. The minimum atomic E-state index is -0.0507. The highest BCUT2D eigenvalue weighted by molar-refractivity contribution is 5.94. The maximum absolute atomic E-state index is 13.2. The minimum Gasteiger partial charge on any atom is -0.508 e. The van der Waals surface area contributed by atoms with Crippen molar-refractivity contribution >= 4 is 5.91 Å². The molecule has 4 rings (SSSR count). The Bertz CT molecular complexity index is 1160. The van der Waals surface area contributed by atoms with E-state index in [0.29, 0.717) is 30.7 Å². The molecule has 0 spiro atoms. The normalized spacial score (nSPS) is 19.5. The minimum absolute atomic E-state index is 0.0507. The van der Waals surface area contributed by atoms with Crippen LogP contribution in [0.3, 0.4) is 0 Å². The number of amides is 1. The van der Waals surface area contributed by atoms with Crippen LogP contribution in [0, 0.1) is 0 Å². The molecule has 5 nitrogen and oxygen atoms in total. The van der Waals surface area contributed by atoms with Gasteiger partial charge in [0.05, 0.1) is 6.04 Å². The lowest BCUT2D eigenvalue weighted by Gasteiger charge is -2.48. The van der Waals surface area contributed by atoms with Crippen LogP contribution >= 0.6 is 0 Å². The molecule has 1 fully saturated rings. The smallest absolute Gasteiger partial charge is 0.253 e. The predicted octanol–water partition coefficient (Wildman–Crippen LogP) is 5.60. The van der Waals surface area contributed by atoms with Crippen molar-refractivity contribution in [2.75, 3.05) is 32.7 Å². The Balaban J connectivity index is 1.61. The second-order valence-corrected chi connectivity index (χ2v) is 10.2. The van der Waals surface area contributed by atoms with Crippen LogP contribution in [0.15, 0.2) is 78.9 Å². The van der Waals surface area contributed by atoms with Gasteiger partial charge in [-0.3, -0.25) is 14.6 Å². The molecule has 196 valence electrons. The number of piperazine rings is 1. The van der Waals surface area contributed by atoms with E-state index in [1.54, 1.807) is 6.07 Å². The van der Waals surface area contributed by atoms with Crippen molar-refractivity contribution in [3.63, 3.8) is 0 Å². The first kappa shape index (κ1) is 26.9. The van der Waals surface area contributed by atoms with E-state index in [4.69, 9.17) is 0 Å². The number of hydrogen-bond acceptors (Lipinski definition) is 4. The van der Waals surface area contributed by atoms with E-state index in [1.165, 1.54) is 5.56 Å². The molecule has 37 heavy (non-hydrogen) atoms. The number of phenolic OH excluding ortho intramolecular Hbond substituents is 1. The summed E-state index contributed by atoms with van der Waals surface area (Å²) in [5, 5.41) is 10.3. The largest absolute Gasteiger partial charge is 0.508 e. The van der Waals surface area contributed by atoms with Crippen molar-refractivity contribution in [1.29, 1.82) is 0 Å². The van der Waals surface area contributed by atoms with Crippen LogP contribution in [-0.4, -0.2) is 70.5 Å². The summed E-state index contributed by atoms with van der Waals surface area (Å²) in [5.41, 5.74) is 4.22. The van der Waals surface area contributed by atoms with Crippen LogP contribution in [0.25, 0.3) is 0 Å². The van der Waals surface area contributed by atoms with Crippen molar-refractivity contribution in [3.05, 3.63) is 101 Å². The Morgan fingerprint density at radius 2 is 1.57 bits per heavy atom. The van der Waals surface area contributed by atoms with E-state index in [0.717, 1.165) is 37.2 Å². The summed E-state index contributed by atoms with van der Waals surface area (Å²) in [6, 6.07) is 27.0. The second-order valence-electron chi connectivity index (χ2n) is 10.2. The van der Waals surface area contributed by atoms with Gasteiger partial charge >= 0.3 is 0 Å². The SMILES string of the molecule is CCN(CC)C(=O)c1cccc([C@H](c2cccc(O)c2)N2C[C@@H](C)N(CCc3ccccc3)C[C@@H]2C)c1. The lowest BCUT2D eigenvalue weighted by molar-refractivity contribution is 0.0246. The molecule has 1 saturated heterocycles. The number of carbonyl (C=O) groups excluding carboxylic acids is 1. The fraction of sp³-hybridized carbons (Fsp3) is 0.406. The Kier molecular flexibility index (Phi) is 9.01. The number of nitrogens with zero attached hydrogens (tertiary/aromatic N) is 3. The predicted molar refractivity (Wildman–Crippen MR) is 151 cm³/mol. The fourth-order valence-electron chi connectivity index (χ4n) is 5.62. The van der Waals surface area contributed by atoms with Crippen LogP contribution < -0.4 is 0 Å². The molecule has 0 saturated carbocycles. The highest BCUT2D eigenvalue weighted by Gasteiger charge is 2.35. The molecule has 0 bridgehead atoms. The third kappa shape index (κ3) is 6.41. The summed E-state index contributed by atoms with van der Waals surface area (Å²) >= 11 is 0. The quantitative estimate of drug-likeness (QED) is 0.416. The number of phenols is 1. The molecule has 0 aliphatic carbocycles. The third-order valence-corrected chi connectivity index (χ3v) is 7.71. The molecule has 1 aliphatic heterocycles. The second kappa shape index (κ2) is 12.4. The molecular weight excluding hydrogens is 458 g/mol. The molecule has 1 N–H and O–H groups in total. The van der Waals surface area contributed by atoms with Crippen molar-refractivity contribution in [3.8, 4) is 5.75 Å². The molecule has 1 amide bonds. The zero-order chi connectivity index (χ0) is 26.4. The van der Waals surface area contributed by atoms with Gasteiger partial charge in [-0.2, -0.15) is 0 Å². The van der Waals surface area contributed by atoms with Crippen molar-refractivity contribution in [2.45, 2.75) is 52.2 Å². The van der Waals surface area contributed by atoms with Crippen LogP contribution in [0.5, 0.6) is 5.75 Å². The van der Waals surface area contributed by atoms with Gasteiger partial charge < -0.3 is 10.0 Å². The lowest BCUT2D eigenvalue weighted by atomic mass is 9.92. The fourth-order valence-corrected chi connectivity index (χ4v) is 5.62. The first-order valence-corrected chi connectivity index (χ1v) is 13.6. The Morgan fingerprint density at radius 3 is 2.24 bits per heavy atom. The van der Waals surface area contributed by atoms with Gasteiger partial charge in [0.15, 0.2) is 0 Å². The number of aromatic hydroxyl groups is 1. The van der Waals surface area contributed by atoms with Gasteiger partial charge in [0.25, 0.3) is 5.91 Å². The van der Waals surface area contributed by atoms with Crippen molar-refractivity contribution < 1.29 is 9.90 Å². The Morgan fingerprint density at radius 1 is 0.892 bits per heavy atom. The highest BCUT2D eigenvalue weighted by Crippen LogP contribution is 2.35. The van der Waals surface area contributed by atoms with Gasteiger partial charge in [-0.15, -0.1) is 0 Å². The number of rotatable bonds is 9. The Hall–Kier alpha value is -3.15. The summed E-state index contributed by atoms with van der Waals surface area (Å²) in [6.45, 7) is 12.9. The van der Waals surface area contributed by atoms with Gasteiger partial charge in [-0.25, -0.2) is 0 Å². The van der Waals surface area contributed by atoms with Gasteiger partial charge in [0.2, 0.25) is 0 Å². The van der Waals surface area contributed by atoms with Crippen LogP contribution in [0.2, 0.25) is 0 Å². The molecule has 1 aliphatic rings. The monoisotopic (exact) mass is 499 g/mol. The molecular formula is C32H41N3O2. The molecule has 3 aromatic rings. The average Bonchev–Trinajstić information content (AvgIpc) is 2.91. The number of hydrogen-bond donors (Lipinski definition) is 1. The maximum atomic E-state index is 13.2. The van der Waals surface area contributed by atoms with Crippen molar-refractivity contribution in [2.24, 2.45) is 0 Å². The van der Waals surface area contributed by atoms with Gasteiger partial charge in [-0.05, 0) is 75.1 Å². The first-order valence-electron chi connectivity index (χ1n) is 13.6. The summed E-state index contributed by atoms with van der Waals surface area (Å²) in [5.74, 6) is 0.328. The van der Waals surface area contributed by atoms with Crippen LogP contribution in [0.1, 0.15) is 60.8 Å². The van der Waals surface area contributed by atoms with Crippen LogP contribution in [-0.2, 0) is 6.42 Å².